The monoisotopic (exact) mass is 160 g/mol. The molecule has 0 saturated heterocycles. The highest BCUT2D eigenvalue weighted by Gasteiger charge is 2.00. The van der Waals surface area contributed by atoms with Gasteiger partial charge in [-0.2, -0.15) is 0 Å². The molecule has 2 heteroatoms. The largest absolute Gasteiger partial charge is 0.366 e. The van der Waals surface area contributed by atoms with Crippen molar-refractivity contribution < 1.29 is 10.2 Å². The van der Waals surface area contributed by atoms with E-state index in [1.165, 1.54) is 26.7 Å². The van der Waals surface area contributed by atoms with Crippen LogP contribution >= 0.6 is 0 Å². The van der Waals surface area contributed by atoms with Gasteiger partial charge in [-0.1, -0.05) is 25.5 Å². The van der Waals surface area contributed by atoms with E-state index in [0.717, 1.165) is 0 Å². The molecule has 0 aromatic heterocycles. The fourth-order valence-electron chi connectivity index (χ4n) is 0.333. The Kier molecular flexibility index (Phi) is 9.36. The predicted octanol–water partition coefficient (Wildman–Crippen LogP) is 2.07. The summed E-state index contributed by atoms with van der Waals surface area (Å²) in [5.41, 5.74) is 0. The zero-order chi connectivity index (χ0) is 9.33. The van der Waals surface area contributed by atoms with Gasteiger partial charge in [0.05, 0.1) is 0 Å². The number of unbranched alkanes of at least 4 members (excludes halogenated alkanes) is 1. The van der Waals surface area contributed by atoms with Crippen LogP contribution in [0.25, 0.3) is 0 Å². The van der Waals surface area contributed by atoms with Crippen molar-refractivity contribution in [1.29, 1.82) is 0 Å². The van der Waals surface area contributed by atoms with Crippen LogP contribution in [0, 0.1) is 0 Å². The first-order valence-corrected chi connectivity index (χ1v) is 3.97. The molecule has 2 nitrogen and oxygen atoms in total. The van der Waals surface area contributed by atoms with Gasteiger partial charge in [0, 0.05) is 0 Å². The van der Waals surface area contributed by atoms with Crippen molar-refractivity contribution in [3.8, 4) is 0 Å². The fourth-order valence-corrected chi connectivity index (χ4v) is 0.333. The zero-order valence-electron chi connectivity index (χ0n) is 7.96. The summed E-state index contributed by atoms with van der Waals surface area (Å²) in [6, 6.07) is 0. The third-order valence-corrected chi connectivity index (χ3v) is 0.691. The summed E-state index contributed by atoms with van der Waals surface area (Å²) in [6.07, 6.45) is 6.77. The van der Waals surface area contributed by atoms with E-state index in [2.05, 4.69) is 26.0 Å². The van der Waals surface area contributed by atoms with Crippen molar-refractivity contribution in [3.05, 3.63) is 12.2 Å². The minimum Gasteiger partial charge on any atom is -0.366 e. The van der Waals surface area contributed by atoms with Crippen molar-refractivity contribution in [2.45, 2.75) is 46.3 Å². The number of hydrogen-bond donors (Lipinski definition) is 2. The van der Waals surface area contributed by atoms with Crippen molar-refractivity contribution in [2.24, 2.45) is 0 Å². The molecule has 0 saturated carbocycles. The second-order valence-corrected chi connectivity index (χ2v) is 2.85. The molecule has 0 aliphatic carbocycles. The molecule has 0 fully saturated rings. The molecular formula is C9H20O2. The van der Waals surface area contributed by atoms with E-state index in [4.69, 9.17) is 10.2 Å². The van der Waals surface area contributed by atoms with E-state index in [9.17, 15) is 0 Å². The first-order chi connectivity index (χ1) is 4.91. The Balaban J connectivity index is 0. The van der Waals surface area contributed by atoms with Crippen LogP contribution in [0.5, 0.6) is 0 Å². The molecule has 0 aromatic rings. The van der Waals surface area contributed by atoms with Gasteiger partial charge in [-0.05, 0) is 27.2 Å². The molecule has 68 valence electrons. The highest BCUT2D eigenvalue weighted by molar-refractivity contribution is 4.75. The summed E-state index contributed by atoms with van der Waals surface area (Å²) in [6.45, 7) is 6.83. The Morgan fingerprint density at radius 2 is 1.64 bits per heavy atom. The lowest BCUT2D eigenvalue weighted by Crippen LogP contribution is -2.15. The third kappa shape index (κ3) is 80.1. The Hall–Kier alpha value is -0.340. The molecule has 0 amide bonds. The maximum atomic E-state index is 8.08. The average molecular weight is 160 g/mol. The fraction of sp³-hybridized carbons (Fsp3) is 0.778. The molecule has 0 unspecified atom stereocenters. The van der Waals surface area contributed by atoms with Gasteiger partial charge in [0.1, 0.15) is 0 Å². The van der Waals surface area contributed by atoms with Crippen LogP contribution < -0.4 is 0 Å². The van der Waals surface area contributed by atoms with Gasteiger partial charge in [-0.15, -0.1) is 0 Å². The zero-order valence-corrected chi connectivity index (χ0v) is 7.96. The maximum Gasteiger partial charge on any atom is 0.156 e. The minimum atomic E-state index is -1.50. The molecule has 11 heavy (non-hydrogen) atoms. The molecular weight excluding hydrogens is 140 g/mol. The molecule has 0 rings (SSSR count). The average Bonchev–Trinajstić information content (AvgIpc) is 1.79. The van der Waals surface area contributed by atoms with E-state index < -0.39 is 5.79 Å². The van der Waals surface area contributed by atoms with Gasteiger partial charge < -0.3 is 10.2 Å². The lowest BCUT2D eigenvalue weighted by Gasteiger charge is -2.03. The number of rotatable bonds is 2. The smallest absolute Gasteiger partial charge is 0.156 e. The molecule has 0 heterocycles. The molecule has 0 aliphatic rings. The summed E-state index contributed by atoms with van der Waals surface area (Å²) in [7, 11) is 0. The lowest BCUT2D eigenvalue weighted by atomic mass is 10.3. The molecule has 0 aromatic carbocycles. The summed E-state index contributed by atoms with van der Waals surface area (Å²) in [5.74, 6) is -1.50. The van der Waals surface area contributed by atoms with E-state index in [-0.39, 0.29) is 0 Å². The number of hydrogen-bond acceptors (Lipinski definition) is 2. The molecule has 0 bridgehead atoms. The van der Waals surface area contributed by atoms with Crippen molar-refractivity contribution in [1.82, 2.24) is 0 Å². The van der Waals surface area contributed by atoms with Gasteiger partial charge in [-0.25, -0.2) is 0 Å². The maximum absolute atomic E-state index is 8.08. The Morgan fingerprint density at radius 3 is 1.73 bits per heavy atom. The van der Waals surface area contributed by atoms with Crippen LogP contribution in [0.4, 0.5) is 0 Å². The highest BCUT2D eigenvalue weighted by Crippen LogP contribution is 1.88. The van der Waals surface area contributed by atoms with Crippen LogP contribution in [0.2, 0.25) is 0 Å². The van der Waals surface area contributed by atoms with Gasteiger partial charge >= 0.3 is 0 Å². The predicted molar refractivity (Wildman–Crippen MR) is 48.2 cm³/mol. The molecule has 0 atom stereocenters. The van der Waals surface area contributed by atoms with E-state index in [1.807, 2.05) is 0 Å². The van der Waals surface area contributed by atoms with Gasteiger partial charge in [0.25, 0.3) is 0 Å². The van der Waals surface area contributed by atoms with Crippen LogP contribution in [0.15, 0.2) is 12.2 Å². The van der Waals surface area contributed by atoms with Crippen LogP contribution in [-0.4, -0.2) is 16.0 Å². The number of aliphatic hydroxyl groups is 2. The Labute approximate surface area is 69.6 Å². The summed E-state index contributed by atoms with van der Waals surface area (Å²) < 4.78 is 0. The molecule has 2 N–H and O–H groups in total. The van der Waals surface area contributed by atoms with Crippen LogP contribution in [-0.2, 0) is 0 Å². The minimum absolute atomic E-state index is 1.23. The van der Waals surface area contributed by atoms with E-state index in [1.54, 1.807) is 0 Å². The van der Waals surface area contributed by atoms with Gasteiger partial charge in [0.2, 0.25) is 0 Å². The lowest BCUT2D eigenvalue weighted by molar-refractivity contribution is -0.127. The van der Waals surface area contributed by atoms with Crippen molar-refractivity contribution in [3.63, 3.8) is 0 Å². The van der Waals surface area contributed by atoms with E-state index >= 15 is 0 Å². The second-order valence-electron chi connectivity index (χ2n) is 2.85. The first-order valence-electron chi connectivity index (χ1n) is 3.97. The van der Waals surface area contributed by atoms with Crippen molar-refractivity contribution in [2.75, 3.05) is 0 Å². The highest BCUT2D eigenvalue weighted by atomic mass is 16.5. The molecule has 0 aliphatic heterocycles. The topological polar surface area (TPSA) is 40.5 Å². The first kappa shape index (κ1) is 13.3. The second kappa shape index (κ2) is 7.76. The van der Waals surface area contributed by atoms with Crippen molar-refractivity contribution >= 4 is 0 Å². The van der Waals surface area contributed by atoms with Gasteiger partial charge in [0.15, 0.2) is 5.79 Å². The molecule has 0 spiro atoms. The van der Waals surface area contributed by atoms with Gasteiger partial charge in [-0.3, -0.25) is 0 Å². The third-order valence-electron chi connectivity index (χ3n) is 0.691. The van der Waals surface area contributed by atoms with Crippen LogP contribution in [0.3, 0.4) is 0 Å². The standard InChI is InChI=1S/C6H12.C3H8O2/c1-3-5-6-4-2;1-3(2,4)5/h3,5H,4,6H2,1-2H3;4-5H,1-2H3/b5-3-;. The quantitative estimate of drug-likeness (QED) is 0.479. The Morgan fingerprint density at radius 1 is 1.27 bits per heavy atom. The normalized spacial score (nSPS) is 11.1. The SMILES string of the molecule is C/C=C\CCC.CC(C)(O)O. The van der Waals surface area contributed by atoms with Crippen LogP contribution in [0.1, 0.15) is 40.5 Å². The van der Waals surface area contributed by atoms with E-state index in [0.29, 0.717) is 0 Å². The summed E-state index contributed by atoms with van der Waals surface area (Å²) in [5, 5.41) is 16.2. The number of allylic oxidation sites excluding steroid dienone is 2. The molecule has 0 radical (unpaired) electrons. The summed E-state index contributed by atoms with van der Waals surface area (Å²) >= 11 is 0. The Bertz CT molecular complexity index is 84.2. The summed E-state index contributed by atoms with van der Waals surface area (Å²) in [4.78, 5) is 0.